The van der Waals surface area contributed by atoms with Gasteiger partial charge < -0.3 is 24.1 Å². The summed E-state index contributed by atoms with van der Waals surface area (Å²) in [5, 5.41) is 4.54. The lowest BCUT2D eigenvalue weighted by Crippen LogP contribution is -2.39. The minimum atomic E-state index is 0.543. The monoisotopic (exact) mass is 345 g/mol. The Bertz CT molecular complexity index is 665. The van der Waals surface area contributed by atoms with Crippen molar-refractivity contribution in [2.75, 3.05) is 47.1 Å². The largest absolute Gasteiger partial charge is 0.459 e. The van der Waals surface area contributed by atoms with Crippen molar-refractivity contribution >= 4 is 16.9 Å². The standard InChI is InChI=1S/C19H27N3O3/c1-20-19(22-8-7-15(13-22)14-24-10-9-23-2)21-12-17-11-16-5-3-4-6-18(16)25-17/h3-6,11,15H,7-10,12-14H2,1-2H3,(H,20,21). The highest BCUT2D eigenvalue weighted by Crippen LogP contribution is 2.19. The molecule has 3 rings (SSSR count). The van der Waals surface area contributed by atoms with Crippen LogP contribution in [-0.4, -0.2) is 57.9 Å². The molecule has 1 aromatic carbocycles. The number of fused-ring (bicyclic) bond motifs is 1. The van der Waals surface area contributed by atoms with Crippen molar-refractivity contribution in [2.45, 2.75) is 13.0 Å². The van der Waals surface area contributed by atoms with Crippen molar-refractivity contribution in [2.24, 2.45) is 10.9 Å². The number of nitrogens with zero attached hydrogens (tertiary/aromatic N) is 2. The van der Waals surface area contributed by atoms with E-state index in [1.807, 2.05) is 25.2 Å². The summed E-state index contributed by atoms with van der Waals surface area (Å²) in [6.07, 6.45) is 1.12. The van der Waals surface area contributed by atoms with Gasteiger partial charge in [-0.15, -0.1) is 0 Å². The van der Waals surface area contributed by atoms with Gasteiger partial charge in [0.15, 0.2) is 5.96 Å². The van der Waals surface area contributed by atoms with E-state index >= 15 is 0 Å². The van der Waals surface area contributed by atoms with E-state index in [0.717, 1.165) is 48.8 Å². The number of rotatable bonds is 7. The fourth-order valence-electron chi connectivity index (χ4n) is 3.18. The van der Waals surface area contributed by atoms with Crippen LogP contribution in [0.15, 0.2) is 39.7 Å². The fourth-order valence-corrected chi connectivity index (χ4v) is 3.18. The molecule has 1 saturated heterocycles. The number of para-hydroxylation sites is 1. The van der Waals surface area contributed by atoms with Crippen molar-refractivity contribution in [3.63, 3.8) is 0 Å². The minimum absolute atomic E-state index is 0.543. The van der Waals surface area contributed by atoms with Gasteiger partial charge in [0.1, 0.15) is 11.3 Å². The molecule has 25 heavy (non-hydrogen) atoms. The van der Waals surface area contributed by atoms with Gasteiger partial charge in [0.05, 0.1) is 26.4 Å². The van der Waals surface area contributed by atoms with Crippen molar-refractivity contribution in [3.8, 4) is 0 Å². The Morgan fingerprint density at radius 2 is 2.24 bits per heavy atom. The maximum absolute atomic E-state index is 5.85. The van der Waals surface area contributed by atoms with Crippen LogP contribution in [0, 0.1) is 5.92 Å². The van der Waals surface area contributed by atoms with E-state index in [4.69, 9.17) is 13.9 Å². The first-order chi connectivity index (χ1) is 12.3. The van der Waals surface area contributed by atoms with Gasteiger partial charge >= 0.3 is 0 Å². The molecule has 2 heterocycles. The molecule has 1 aromatic heterocycles. The molecule has 6 heteroatoms. The first-order valence-electron chi connectivity index (χ1n) is 8.80. The smallest absolute Gasteiger partial charge is 0.194 e. The zero-order chi connectivity index (χ0) is 17.5. The van der Waals surface area contributed by atoms with Gasteiger partial charge in [-0.1, -0.05) is 18.2 Å². The second kappa shape index (κ2) is 8.87. The summed E-state index contributed by atoms with van der Waals surface area (Å²) in [7, 11) is 3.52. The molecule has 0 radical (unpaired) electrons. The lowest BCUT2D eigenvalue weighted by atomic mass is 10.1. The average molecular weight is 345 g/mol. The maximum atomic E-state index is 5.85. The molecule has 1 aliphatic rings. The Kier molecular flexibility index (Phi) is 6.30. The summed E-state index contributed by atoms with van der Waals surface area (Å²) in [6.45, 7) is 4.68. The van der Waals surface area contributed by atoms with Crippen molar-refractivity contribution in [1.82, 2.24) is 10.2 Å². The van der Waals surface area contributed by atoms with Crippen LogP contribution >= 0.6 is 0 Å². The van der Waals surface area contributed by atoms with E-state index in [-0.39, 0.29) is 0 Å². The first-order valence-corrected chi connectivity index (χ1v) is 8.80. The van der Waals surface area contributed by atoms with Gasteiger partial charge in [0.2, 0.25) is 0 Å². The Morgan fingerprint density at radius 3 is 3.04 bits per heavy atom. The van der Waals surface area contributed by atoms with Crippen molar-refractivity contribution < 1.29 is 13.9 Å². The third-order valence-electron chi connectivity index (χ3n) is 4.48. The van der Waals surface area contributed by atoms with Gasteiger partial charge in [-0.05, 0) is 18.6 Å². The molecule has 2 aromatic rings. The van der Waals surface area contributed by atoms with E-state index in [1.165, 1.54) is 0 Å². The van der Waals surface area contributed by atoms with Crippen LogP contribution in [0.5, 0.6) is 0 Å². The van der Waals surface area contributed by atoms with Crippen LogP contribution in [0.4, 0.5) is 0 Å². The number of likely N-dealkylation sites (tertiary alicyclic amines) is 1. The number of methoxy groups -OCH3 is 1. The van der Waals surface area contributed by atoms with Crippen LogP contribution < -0.4 is 5.32 Å². The molecular formula is C19H27N3O3. The maximum Gasteiger partial charge on any atom is 0.194 e. The molecule has 1 atom stereocenters. The van der Waals surface area contributed by atoms with E-state index < -0.39 is 0 Å². The Labute approximate surface area is 148 Å². The minimum Gasteiger partial charge on any atom is -0.459 e. The number of aliphatic imine (C=N–C) groups is 1. The molecule has 0 aliphatic carbocycles. The highest BCUT2D eigenvalue weighted by Gasteiger charge is 2.25. The van der Waals surface area contributed by atoms with E-state index in [0.29, 0.717) is 25.7 Å². The molecule has 1 aliphatic heterocycles. The van der Waals surface area contributed by atoms with E-state index in [2.05, 4.69) is 27.3 Å². The molecule has 0 saturated carbocycles. The molecule has 1 unspecified atom stereocenters. The number of hydrogen-bond acceptors (Lipinski definition) is 4. The lowest BCUT2D eigenvalue weighted by Gasteiger charge is -2.21. The summed E-state index contributed by atoms with van der Waals surface area (Å²) < 4.78 is 16.5. The summed E-state index contributed by atoms with van der Waals surface area (Å²) in [5.41, 5.74) is 0.920. The van der Waals surface area contributed by atoms with Gasteiger partial charge in [-0.2, -0.15) is 0 Å². The van der Waals surface area contributed by atoms with Crippen LogP contribution in [0.3, 0.4) is 0 Å². The Morgan fingerprint density at radius 1 is 1.36 bits per heavy atom. The van der Waals surface area contributed by atoms with E-state index in [1.54, 1.807) is 7.11 Å². The number of furan rings is 1. The van der Waals surface area contributed by atoms with Crippen molar-refractivity contribution in [1.29, 1.82) is 0 Å². The third-order valence-corrected chi connectivity index (χ3v) is 4.48. The summed E-state index contributed by atoms with van der Waals surface area (Å²) >= 11 is 0. The topological polar surface area (TPSA) is 59.2 Å². The first kappa shape index (κ1) is 17.8. The number of nitrogens with one attached hydrogen (secondary N) is 1. The van der Waals surface area contributed by atoms with Gasteiger partial charge in [-0.3, -0.25) is 4.99 Å². The van der Waals surface area contributed by atoms with Crippen LogP contribution in [0.25, 0.3) is 11.0 Å². The molecular weight excluding hydrogens is 318 g/mol. The third kappa shape index (κ3) is 4.74. The van der Waals surface area contributed by atoms with Gasteiger partial charge in [0, 0.05) is 38.6 Å². The SMILES string of the molecule is CN=C(NCc1cc2ccccc2o1)N1CCC(COCCOC)C1. The molecule has 1 N–H and O–H groups in total. The second-order valence-corrected chi connectivity index (χ2v) is 6.32. The normalized spacial score (nSPS) is 18.2. The molecule has 0 amide bonds. The van der Waals surface area contributed by atoms with Crippen LogP contribution in [0.1, 0.15) is 12.2 Å². The van der Waals surface area contributed by atoms with Crippen LogP contribution in [-0.2, 0) is 16.0 Å². The Balaban J connectivity index is 1.48. The lowest BCUT2D eigenvalue weighted by molar-refractivity contribution is 0.0536. The number of guanidine groups is 1. The Hall–Kier alpha value is -2.05. The molecule has 0 spiro atoms. The van der Waals surface area contributed by atoms with Crippen molar-refractivity contribution in [3.05, 3.63) is 36.1 Å². The quantitative estimate of drug-likeness (QED) is 0.475. The zero-order valence-corrected chi connectivity index (χ0v) is 15.0. The number of hydrogen-bond donors (Lipinski definition) is 1. The summed E-state index contributed by atoms with van der Waals surface area (Å²) in [5.74, 6) is 2.38. The molecule has 0 bridgehead atoms. The second-order valence-electron chi connectivity index (χ2n) is 6.32. The summed E-state index contributed by atoms with van der Waals surface area (Å²) in [6, 6.07) is 10.1. The zero-order valence-electron chi connectivity index (χ0n) is 15.0. The van der Waals surface area contributed by atoms with Gasteiger partial charge in [-0.25, -0.2) is 0 Å². The van der Waals surface area contributed by atoms with Crippen LogP contribution in [0.2, 0.25) is 0 Å². The molecule has 1 fully saturated rings. The summed E-state index contributed by atoms with van der Waals surface area (Å²) in [4.78, 5) is 6.70. The average Bonchev–Trinajstić information content (AvgIpc) is 3.26. The van der Waals surface area contributed by atoms with Gasteiger partial charge in [0.25, 0.3) is 0 Å². The molecule has 6 nitrogen and oxygen atoms in total. The highest BCUT2D eigenvalue weighted by atomic mass is 16.5. The molecule has 136 valence electrons. The number of benzene rings is 1. The highest BCUT2D eigenvalue weighted by molar-refractivity contribution is 5.81. The fraction of sp³-hybridized carbons (Fsp3) is 0.526. The number of ether oxygens (including phenoxy) is 2. The predicted molar refractivity (Wildman–Crippen MR) is 98.8 cm³/mol. The predicted octanol–water partition coefficient (Wildman–Crippen LogP) is 2.49. The van der Waals surface area contributed by atoms with E-state index in [9.17, 15) is 0 Å².